The van der Waals surface area contributed by atoms with Crippen LogP contribution in [0.3, 0.4) is 0 Å². The first-order valence-electron chi connectivity index (χ1n) is 6.63. The number of hydrogen-bond acceptors (Lipinski definition) is 1. The van der Waals surface area contributed by atoms with Gasteiger partial charge in [0.2, 0.25) is 0 Å². The molecule has 1 heteroatoms. The van der Waals surface area contributed by atoms with Crippen LogP contribution in [0.4, 0.5) is 0 Å². The second-order valence-electron chi connectivity index (χ2n) is 5.60. The highest BCUT2D eigenvalue weighted by molar-refractivity contribution is 5.46. The molecule has 1 aliphatic rings. The molecule has 1 nitrogen and oxygen atoms in total. The molecule has 0 saturated heterocycles. The van der Waals surface area contributed by atoms with Gasteiger partial charge in [-0.15, -0.1) is 0 Å². The maximum absolute atomic E-state index is 9.09. The fraction of sp³-hybridized carbons (Fsp3) is 0.562. The van der Waals surface area contributed by atoms with E-state index in [1.165, 1.54) is 31.2 Å². The minimum absolute atomic E-state index is 0.719. The number of hydrogen-bond donors (Lipinski definition) is 0. The summed E-state index contributed by atoms with van der Waals surface area (Å²) in [6, 6.07) is 6.76. The normalized spacial score (nSPS) is 24.4. The molecule has 1 saturated carbocycles. The number of rotatable bonds is 1. The van der Waals surface area contributed by atoms with E-state index in [-0.39, 0.29) is 0 Å². The van der Waals surface area contributed by atoms with Crippen LogP contribution in [0.2, 0.25) is 0 Å². The van der Waals surface area contributed by atoms with Crippen molar-refractivity contribution in [1.29, 1.82) is 5.26 Å². The van der Waals surface area contributed by atoms with Gasteiger partial charge in [-0.05, 0) is 55.2 Å². The van der Waals surface area contributed by atoms with E-state index in [2.05, 4.69) is 39.0 Å². The average Bonchev–Trinajstić information content (AvgIpc) is 2.29. The van der Waals surface area contributed by atoms with Crippen LogP contribution in [-0.4, -0.2) is 0 Å². The zero-order valence-corrected chi connectivity index (χ0v) is 11.1. The Labute approximate surface area is 104 Å². The van der Waals surface area contributed by atoms with Gasteiger partial charge in [-0.3, -0.25) is 0 Å². The average molecular weight is 227 g/mol. The van der Waals surface area contributed by atoms with Gasteiger partial charge < -0.3 is 0 Å². The van der Waals surface area contributed by atoms with E-state index >= 15 is 0 Å². The molecule has 1 aliphatic carbocycles. The molecule has 0 spiro atoms. The Morgan fingerprint density at radius 1 is 1.06 bits per heavy atom. The standard InChI is InChI=1S/C16H21N/c1-11-4-6-14(7-5-11)15-8-12(2)16(10-17)13(3)9-15/h8-9,11,14H,4-7H2,1-3H3. The third kappa shape index (κ3) is 2.52. The Bertz CT molecular complexity index is 422. The van der Waals surface area contributed by atoms with Crippen LogP contribution in [0.1, 0.15) is 60.8 Å². The molecule has 0 amide bonds. The lowest BCUT2D eigenvalue weighted by Gasteiger charge is -2.27. The molecule has 0 radical (unpaired) electrons. The molecule has 1 fully saturated rings. The molecule has 1 aromatic rings. The molecule has 0 heterocycles. The summed E-state index contributed by atoms with van der Waals surface area (Å²) in [5.41, 5.74) is 4.59. The van der Waals surface area contributed by atoms with Gasteiger partial charge in [-0.2, -0.15) is 5.26 Å². The van der Waals surface area contributed by atoms with Crippen LogP contribution in [0.25, 0.3) is 0 Å². The summed E-state index contributed by atoms with van der Waals surface area (Å²) >= 11 is 0. The van der Waals surface area contributed by atoms with Crippen molar-refractivity contribution in [3.05, 3.63) is 34.4 Å². The van der Waals surface area contributed by atoms with Crippen molar-refractivity contribution in [3.8, 4) is 6.07 Å². The molecule has 0 N–H and O–H groups in total. The van der Waals surface area contributed by atoms with Crippen LogP contribution in [0, 0.1) is 31.1 Å². The van der Waals surface area contributed by atoms with Crippen LogP contribution in [0.15, 0.2) is 12.1 Å². The monoisotopic (exact) mass is 227 g/mol. The van der Waals surface area contributed by atoms with Crippen LogP contribution >= 0.6 is 0 Å². The van der Waals surface area contributed by atoms with Crippen molar-refractivity contribution in [2.75, 3.05) is 0 Å². The first-order chi connectivity index (χ1) is 8.11. The largest absolute Gasteiger partial charge is 0.192 e. The second-order valence-corrected chi connectivity index (χ2v) is 5.60. The van der Waals surface area contributed by atoms with Gasteiger partial charge in [0, 0.05) is 0 Å². The summed E-state index contributed by atoms with van der Waals surface area (Å²) in [6.07, 6.45) is 5.32. The lowest BCUT2D eigenvalue weighted by atomic mass is 9.78. The summed E-state index contributed by atoms with van der Waals surface area (Å²) in [6.45, 7) is 6.46. The SMILES string of the molecule is Cc1cc(C2CCC(C)CC2)cc(C)c1C#N. The van der Waals surface area contributed by atoms with Crippen molar-refractivity contribution in [2.24, 2.45) is 5.92 Å². The zero-order valence-electron chi connectivity index (χ0n) is 11.1. The quantitative estimate of drug-likeness (QED) is 0.694. The van der Waals surface area contributed by atoms with Gasteiger partial charge in [0.05, 0.1) is 11.6 Å². The van der Waals surface area contributed by atoms with E-state index in [1.807, 2.05) is 0 Å². The van der Waals surface area contributed by atoms with Crippen molar-refractivity contribution in [2.45, 2.75) is 52.4 Å². The van der Waals surface area contributed by atoms with E-state index in [4.69, 9.17) is 5.26 Å². The smallest absolute Gasteiger partial charge is 0.0997 e. The summed E-state index contributed by atoms with van der Waals surface area (Å²) in [5.74, 6) is 1.61. The highest BCUT2D eigenvalue weighted by Crippen LogP contribution is 2.36. The summed E-state index contributed by atoms with van der Waals surface area (Å²) in [4.78, 5) is 0. The maximum Gasteiger partial charge on any atom is 0.0997 e. The molecule has 0 bridgehead atoms. The van der Waals surface area contributed by atoms with Crippen molar-refractivity contribution in [3.63, 3.8) is 0 Å². The molecule has 90 valence electrons. The van der Waals surface area contributed by atoms with Crippen LogP contribution < -0.4 is 0 Å². The van der Waals surface area contributed by atoms with Gasteiger partial charge in [0.1, 0.15) is 0 Å². The van der Waals surface area contributed by atoms with Gasteiger partial charge in [-0.25, -0.2) is 0 Å². The first-order valence-corrected chi connectivity index (χ1v) is 6.63. The van der Waals surface area contributed by atoms with E-state index < -0.39 is 0 Å². The molecule has 0 aliphatic heterocycles. The van der Waals surface area contributed by atoms with E-state index in [1.54, 1.807) is 0 Å². The minimum Gasteiger partial charge on any atom is -0.192 e. The van der Waals surface area contributed by atoms with Gasteiger partial charge >= 0.3 is 0 Å². The first kappa shape index (κ1) is 12.2. The topological polar surface area (TPSA) is 23.8 Å². The predicted molar refractivity (Wildman–Crippen MR) is 71.0 cm³/mol. The van der Waals surface area contributed by atoms with Gasteiger partial charge in [0.15, 0.2) is 0 Å². The molecule has 1 aromatic carbocycles. The van der Waals surface area contributed by atoms with Gasteiger partial charge in [0.25, 0.3) is 0 Å². The highest BCUT2D eigenvalue weighted by Gasteiger charge is 2.20. The molecule has 0 unspecified atom stereocenters. The zero-order chi connectivity index (χ0) is 12.4. The molecular formula is C16H21N. The molecule has 2 rings (SSSR count). The fourth-order valence-corrected chi connectivity index (χ4v) is 3.00. The third-order valence-corrected chi connectivity index (χ3v) is 4.15. The van der Waals surface area contributed by atoms with Crippen LogP contribution in [0.5, 0.6) is 0 Å². The third-order valence-electron chi connectivity index (χ3n) is 4.15. The summed E-state index contributed by atoms with van der Waals surface area (Å²) in [7, 11) is 0. The Morgan fingerprint density at radius 3 is 2.06 bits per heavy atom. The lowest BCUT2D eigenvalue weighted by molar-refractivity contribution is 0.348. The van der Waals surface area contributed by atoms with Gasteiger partial charge in [-0.1, -0.05) is 31.9 Å². The summed E-state index contributed by atoms with van der Waals surface area (Å²) in [5, 5.41) is 9.09. The molecule has 0 aromatic heterocycles. The number of nitrogens with zero attached hydrogens (tertiary/aromatic N) is 1. The van der Waals surface area contributed by atoms with Crippen molar-refractivity contribution >= 4 is 0 Å². The van der Waals surface area contributed by atoms with E-state index in [0.717, 1.165) is 28.5 Å². The fourth-order valence-electron chi connectivity index (χ4n) is 3.00. The Hall–Kier alpha value is -1.29. The Morgan fingerprint density at radius 2 is 1.59 bits per heavy atom. The van der Waals surface area contributed by atoms with E-state index in [9.17, 15) is 0 Å². The van der Waals surface area contributed by atoms with E-state index in [0.29, 0.717) is 0 Å². The van der Waals surface area contributed by atoms with Crippen molar-refractivity contribution in [1.82, 2.24) is 0 Å². The lowest BCUT2D eigenvalue weighted by Crippen LogP contribution is -2.11. The maximum atomic E-state index is 9.09. The molecular weight excluding hydrogens is 206 g/mol. The molecule has 17 heavy (non-hydrogen) atoms. The molecule has 0 atom stereocenters. The number of nitriles is 1. The van der Waals surface area contributed by atoms with Crippen molar-refractivity contribution < 1.29 is 0 Å². The number of aryl methyl sites for hydroxylation is 2. The predicted octanol–water partition coefficient (Wildman–Crippen LogP) is 4.47. The summed E-state index contributed by atoms with van der Waals surface area (Å²) < 4.78 is 0. The second kappa shape index (κ2) is 4.92. The highest BCUT2D eigenvalue weighted by atomic mass is 14.3. The minimum atomic E-state index is 0.719. The Kier molecular flexibility index (Phi) is 3.52. The van der Waals surface area contributed by atoms with Crippen LogP contribution in [-0.2, 0) is 0 Å². The number of benzene rings is 1. The Balaban J connectivity index is 2.26.